The van der Waals surface area contributed by atoms with Gasteiger partial charge in [0.1, 0.15) is 24.9 Å². The molecule has 32 heavy (non-hydrogen) atoms. The van der Waals surface area contributed by atoms with Gasteiger partial charge in [-0.3, -0.25) is 9.59 Å². The number of hydrogen-bond acceptors (Lipinski definition) is 8. The summed E-state index contributed by atoms with van der Waals surface area (Å²) in [6.45, 7) is 0.292. The Bertz CT molecular complexity index is 771. The molecular formula is C23H31NO8. The molecule has 176 valence electrons. The maximum Gasteiger partial charge on any atom is 0.309 e. The number of esters is 1. The fourth-order valence-corrected chi connectivity index (χ4v) is 4.22. The zero-order chi connectivity index (χ0) is 22.5. The van der Waals surface area contributed by atoms with Crippen LogP contribution in [-0.2, 0) is 39.9 Å². The molecule has 0 spiro atoms. The fraction of sp³-hybridized carbons (Fsp3) is 0.652. The SMILES string of the molecule is COCC(=O)NCC1CC2OC(CO)C(OC(=O)C3CC3)C(OCc3ccccc3)C2O1. The van der Waals surface area contributed by atoms with Crippen LogP contribution in [0.3, 0.4) is 0 Å². The van der Waals surface area contributed by atoms with Crippen molar-refractivity contribution in [3.63, 3.8) is 0 Å². The molecule has 9 heteroatoms. The number of rotatable bonds is 10. The molecule has 4 rings (SSSR count). The van der Waals surface area contributed by atoms with Gasteiger partial charge in [0.15, 0.2) is 6.10 Å². The topological polar surface area (TPSA) is 113 Å². The summed E-state index contributed by atoms with van der Waals surface area (Å²) in [5, 5.41) is 12.7. The number of hydrogen-bond donors (Lipinski definition) is 2. The Hall–Kier alpha value is -2.04. The van der Waals surface area contributed by atoms with Crippen molar-refractivity contribution in [1.82, 2.24) is 5.32 Å². The number of aliphatic hydroxyl groups excluding tert-OH is 1. The van der Waals surface area contributed by atoms with Crippen LogP contribution in [0.1, 0.15) is 24.8 Å². The minimum Gasteiger partial charge on any atom is -0.456 e. The van der Waals surface area contributed by atoms with Gasteiger partial charge in [0.25, 0.3) is 0 Å². The van der Waals surface area contributed by atoms with Crippen LogP contribution in [0, 0.1) is 5.92 Å². The molecule has 1 saturated carbocycles. The lowest BCUT2D eigenvalue weighted by Crippen LogP contribution is -2.59. The second-order valence-corrected chi connectivity index (χ2v) is 8.53. The molecule has 1 aromatic rings. The van der Waals surface area contributed by atoms with Crippen molar-refractivity contribution in [2.75, 3.05) is 26.9 Å². The lowest BCUT2D eigenvalue weighted by molar-refractivity contribution is -0.244. The Labute approximate surface area is 187 Å². The van der Waals surface area contributed by atoms with Gasteiger partial charge in [-0.25, -0.2) is 0 Å². The van der Waals surface area contributed by atoms with Crippen molar-refractivity contribution in [2.45, 2.75) is 62.5 Å². The third kappa shape index (κ3) is 5.65. The molecule has 6 atom stereocenters. The molecular weight excluding hydrogens is 418 g/mol. The Kier molecular flexibility index (Phi) is 7.75. The first-order chi connectivity index (χ1) is 15.6. The second-order valence-electron chi connectivity index (χ2n) is 8.53. The number of amides is 1. The molecule has 1 amide bonds. The average molecular weight is 450 g/mol. The maximum atomic E-state index is 12.4. The Morgan fingerprint density at radius 3 is 2.62 bits per heavy atom. The summed E-state index contributed by atoms with van der Waals surface area (Å²) in [7, 11) is 1.46. The van der Waals surface area contributed by atoms with Gasteiger partial charge in [-0.1, -0.05) is 30.3 Å². The number of carbonyl (C=O) groups is 2. The van der Waals surface area contributed by atoms with Crippen molar-refractivity contribution in [3.05, 3.63) is 35.9 Å². The van der Waals surface area contributed by atoms with E-state index in [-0.39, 0.29) is 43.2 Å². The summed E-state index contributed by atoms with van der Waals surface area (Å²) in [5.41, 5.74) is 0.977. The van der Waals surface area contributed by atoms with Gasteiger partial charge in [0.05, 0.1) is 31.3 Å². The molecule has 3 fully saturated rings. The van der Waals surface area contributed by atoms with E-state index >= 15 is 0 Å². The zero-order valence-electron chi connectivity index (χ0n) is 18.2. The highest BCUT2D eigenvalue weighted by Gasteiger charge is 2.54. The van der Waals surface area contributed by atoms with E-state index in [1.807, 2.05) is 30.3 Å². The van der Waals surface area contributed by atoms with Crippen molar-refractivity contribution in [3.8, 4) is 0 Å². The van der Waals surface area contributed by atoms with Crippen LogP contribution in [0.4, 0.5) is 0 Å². The largest absolute Gasteiger partial charge is 0.456 e. The number of aliphatic hydroxyl groups is 1. The summed E-state index contributed by atoms with van der Waals surface area (Å²) in [5.74, 6) is -0.603. The van der Waals surface area contributed by atoms with E-state index in [0.29, 0.717) is 19.6 Å². The van der Waals surface area contributed by atoms with E-state index in [9.17, 15) is 14.7 Å². The lowest BCUT2D eigenvalue weighted by Gasteiger charge is -2.42. The quantitative estimate of drug-likeness (QED) is 0.499. The first-order valence-electron chi connectivity index (χ1n) is 11.1. The van der Waals surface area contributed by atoms with Crippen LogP contribution >= 0.6 is 0 Å². The summed E-state index contributed by atoms with van der Waals surface area (Å²) < 4.78 is 29.1. The Morgan fingerprint density at radius 1 is 1.16 bits per heavy atom. The molecule has 9 nitrogen and oxygen atoms in total. The van der Waals surface area contributed by atoms with Crippen molar-refractivity contribution >= 4 is 11.9 Å². The molecule has 2 saturated heterocycles. The molecule has 2 N–H and O–H groups in total. The van der Waals surface area contributed by atoms with Crippen molar-refractivity contribution in [2.24, 2.45) is 5.92 Å². The summed E-state index contributed by atoms with van der Waals surface area (Å²) >= 11 is 0. The van der Waals surface area contributed by atoms with Crippen LogP contribution < -0.4 is 5.32 Å². The second kappa shape index (κ2) is 10.7. The van der Waals surface area contributed by atoms with Gasteiger partial charge in [0.2, 0.25) is 5.91 Å². The van der Waals surface area contributed by atoms with Gasteiger partial charge >= 0.3 is 5.97 Å². The van der Waals surface area contributed by atoms with Crippen LogP contribution in [0.25, 0.3) is 0 Å². The van der Waals surface area contributed by atoms with E-state index in [0.717, 1.165) is 18.4 Å². The van der Waals surface area contributed by atoms with E-state index in [2.05, 4.69) is 5.32 Å². The van der Waals surface area contributed by atoms with Crippen LogP contribution in [0.15, 0.2) is 30.3 Å². The third-order valence-electron chi connectivity index (χ3n) is 6.01. The normalized spacial score (nSPS) is 31.7. The summed E-state index contributed by atoms with van der Waals surface area (Å²) in [6, 6.07) is 9.69. The molecule has 0 radical (unpaired) electrons. The summed E-state index contributed by atoms with van der Waals surface area (Å²) in [4.78, 5) is 24.2. The number of ether oxygens (including phenoxy) is 5. The van der Waals surface area contributed by atoms with E-state index < -0.39 is 24.4 Å². The molecule has 6 unspecified atom stereocenters. The number of methoxy groups -OCH3 is 1. The predicted octanol–water partition coefficient (Wildman–Crippen LogP) is 0.573. The van der Waals surface area contributed by atoms with Gasteiger partial charge in [-0.15, -0.1) is 0 Å². The fourth-order valence-electron chi connectivity index (χ4n) is 4.22. The van der Waals surface area contributed by atoms with Gasteiger partial charge < -0.3 is 34.1 Å². The van der Waals surface area contributed by atoms with Crippen molar-refractivity contribution in [1.29, 1.82) is 0 Å². The van der Waals surface area contributed by atoms with E-state index in [4.69, 9.17) is 23.7 Å². The van der Waals surface area contributed by atoms with Gasteiger partial charge in [-0.2, -0.15) is 0 Å². The smallest absolute Gasteiger partial charge is 0.309 e. The van der Waals surface area contributed by atoms with Crippen LogP contribution in [0.2, 0.25) is 0 Å². The van der Waals surface area contributed by atoms with Crippen LogP contribution in [-0.4, -0.2) is 80.5 Å². The average Bonchev–Trinajstić information content (AvgIpc) is 3.57. The van der Waals surface area contributed by atoms with E-state index in [1.165, 1.54) is 7.11 Å². The Balaban J connectivity index is 1.47. The van der Waals surface area contributed by atoms with Crippen molar-refractivity contribution < 1.29 is 38.4 Å². The molecule has 1 aromatic carbocycles. The zero-order valence-corrected chi connectivity index (χ0v) is 18.2. The Morgan fingerprint density at radius 2 is 1.94 bits per heavy atom. The third-order valence-corrected chi connectivity index (χ3v) is 6.01. The first kappa shape index (κ1) is 23.1. The van der Waals surface area contributed by atoms with Gasteiger partial charge in [0, 0.05) is 20.1 Å². The molecule has 0 bridgehead atoms. The minimum atomic E-state index is -0.778. The lowest BCUT2D eigenvalue weighted by atomic mass is 9.94. The highest BCUT2D eigenvalue weighted by molar-refractivity contribution is 5.77. The van der Waals surface area contributed by atoms with Crippen LogP contribution in [0.5, 0.6) is 0 Å². The van der Waals surface area contributed by atoms with Gasteiger partial charge in [-0.05, 0) is 18.4 Å². The minimum absolute atomic E-state index is 0.0231. The molecule has 2 aliphatic heterocycles. The highest BCUT2D eigenvalue weighted by atomic mass is 16.6. The number of fused-ring (bicyclic) bond motifs is 1. The number of nitrogens with one attached hydrogen (secondary N) is 1. The summed E-state index contributed by atoms with van der Waals surface area (Å²) in [6.07, 6.45) is -1.03. The predicted molar refractivity (Wildman–Crippen MR) is 112 cm³/mol. The molecule has 2 heterocycles. The standard InChI is InChI=1S/C23H31NO8/c1-28-13-19(26)24-10-16-9-17-20(30-16)22(29-12-14-5-3-2-4-6-14)21(18(11-25)31-17)32-23(27)15-7-8-15/h2-6,15-18,20-22,25H,7-13H2,1H3,(H,24,26). The van der Waals surface area contributed by atoms with E-state index in [1.54, 1.807) is 0 Å². The number of benzene rings is 1. The molecule has 1 aliphatic carbocycles. The highest BCUT2D eigenvalue weighted by Crippen LogP contribution is 2.38. The molecule has 3 aliphatic rings. The maximum absolute atomic E-state index is 12.4. The first-order valence-corrected chi connectivity index (χ1v) is 11.1. The monoisotopic (exact) mass is 449 g/mol. The molecule has 0 aromatic heterocycles. The number of carbonyl (C=O) groups excluding carboxylic acids is 2.